The van der Waals surface area contributed by atoms with E-state index < -0.39 is 0 Å². The number of rotatable bonds is 5. The van der Waals surface area contributed by atoms with Gasteiger partial charge in [0.2, 0.25) is 5.95 Å². The Bertz CT molecular complexity index is 904. The zero-order chi connectivity index (χ0) is 17.8. The predicted molar refractivity (Wildman–Crippen MR) is 101 cm³/mol. The summed E-state index contributed by atoms with van der Waals surface area (Å²) in [7, 11) is 1.56. The summed E-state index contributed by atoms with van der Waals surface area (Å²) in [6, 6.07) is 10.9. The molecule has 0 fully saturated rings. The Kier molecular flexibility index (Phi) is 5.21. The van der Waals surface area contributed by atoms with E-state index in [1.54, 1.807) is 25.4 Å². The van der Waals surface area contributed by atoms with E-state index in [2.05, 4.69) is 25.8 Å². The first-order valence-corrected chi connectivity index (χ1v) is 8.14. The fraction of sp³-hybridized carbons (Fsp3) is 0.118. The second kappa shape index (κ2) is 7.55. The SMILES string of the molecule is COc1ccc(Nc2nncc(Nc3ccc(Cl)cc3C)n2)cc1Cl. The van der Waals surface area contributed by atoms with Crippen molar-refractivity contribution >= 4 is 46.3 Å². The van der Waals surface area contributed by atoms with Crippen LogP contribution in [0.1, 0.15) is 5.56 Å². The standard InChI is InChI=1S/C17H15Cl2N5O/c1-10-7-11(18)3-5-14(10)22-16-9-20-24-17(23-16)21-12-4-6-15(25-2)13(19)8-12/h3-9H,1-2H3,(H2,21,22,23,24). The fourth-order valence-electron chi connectivity index (χ4n) is 2.20. The molecule has 1 aromatic heterocycles. The van der Waals surface area contributed by atoms with E-state index >= 15 is 0 Å². The molecular formula is C17H15Cl2N5O. The van der Waals surface area contributed by atoms with Crippen molar-refractivity contribution < 1.29 is 4.74 Å². The summed E-state index contributed by atoms with van der Waals surface area (Å²) in [6.45, 7) is 1.96. The lowest BCUT2D eigenvalue weighted by Crippen LogP contribution is -2.03. The van der Waals surface area contributed by atoms with Crippen LogP contribution in [-0.4, -0.2) is 22.3 Å². The number of benzene rings is 2. The summed E-state index contributed by atoms with van der Waals surface area (Å²) in [5.74, 6) is 1.50. The minimum absolute atomic E-state index is 0.345. The summed E-state index contributed by atoms with van der Waals surface area (Å²) in [4.78, 5) is 4.40. The number of hydrogen-bond acceptors (Lipinski definition) is 6. The molecule has 1 heterocycles. The maximum atomic E-state index is 6.12. The van der Waals surface area contributed by atoms with Gasteiger partial charge < -0.3 is 15.4 Å². The molecule has 0 saturated heterocycles. The van der Waals surface area contributed by atoms with E-state index in [4.69, 9.17) is 27.9 Å². The van der Waals surface area contributed by atoms with E-state index in [-0.39, 0.29) is 0 Å². The molecule has 0 saturated carbocycles. The number of halogens is 2. The molecule has 128 valence electrons. The van der Waals surface area contributed by atoms with Crippen LogP contribution in [0.15, 0.2) is 42.6 Å². The van der Waals surface area contributed by atoms with Gasteiger partial charge >= 0.3 is 0 Å². The molecule has 0 spiro atoms. The minimum atomic E-state index is 0.345. The Morgan fingerprint density at radius 1 is 1.04 bits per heavy atom. The summed E-state index contributed by atoms with van der Waals surface area (Å²) in [5.41, 5.74) is 2.62. The van der Waals surface area contributed by atoms with Gasteiger partial charge in [-0.2, -0.15) is 10.1 Å². The number of nitrogens with zero attached hydrogens (tertiary/aromatic N) is 3. The minimum Gasteiger partial charge on any atom is -0.495 e. The van der Waals surface area contributed by atoms with Gasteiger partial charge in [-0.1, -0.05) is 23.2 Å². The second-order valence-electron chi connectivity index (χ2n) is 5.22. The fourth-order valence-corrected chi connectivity index (χ4v) is 2.68. The molecular weight excluding hydrogens is 361 g/mol. The molecule has 3 aromatic rings. The summed E-state index contributed by atoms with van der Waals surface area (Å²) in [6.07, 6.45) is 1.54. The van der Waals surface area contributed by atoms with E-state index in [0.717, 1.165) is 16.9 Å². The van der Waals surface area contributed by atoms with Crippen LogP contribution in [0.25, 0.3) is 0 Å². The summed E-state index contributed by atoms with van der Waals surface area (Å²) < 4.78 is 5.13. The van der Waals surface area contributed by atoms with Gasteiger partial charge in [0.05, 0.1) is 18.3 Å². The average molecular weight is 376 g/mol. The summed E-state index contributed by atoms with van der Waals surface area (Å²) in [5, 5.41) is 15.4. The van der Waals surface area contributed by atoms with Crippen LogP contribution in [-0.2, 0) is 0 Å². The molecule has 6 nitrogen and oxygen atoms in total. The molecule has 0 aliphatic rings. The molecule has 2 N–H and O–H groups in total. The molecule has 0 unspecified atom stereocenters. The van der Waals surface area contributed by atoms with Crippen molar-refractivity contribution in [2.24, 2.45) is 0 Å². The molecule has 0 radical (unpaired) electrons. The maximum Gasteiger partial charge on any atom is 0.249 e. The highest BCUT2D eigenvalue weighted by atomic mass is 35.5. The lowest BCUT2D eigenvalue weighted by molar-refractivity contribution is 0.415. The number of anilines is 4. The van der Waals surface area contributed by atoms with Gasteiger partial charge in [0.1, 0.15) is 5.75 Å². The lowest BCUT2D eigenvalue weighted by atomic mass is 10.2. The zero-order valence-corrected chi connectivity index (χ0v) is 15.1. The number of hydrogen-bond donors (Lipinski definition) is 2. The van der Waals surface area contributed by atoms with Gasteiger partial charge in [-0.25, -0.2) is 0 Å². The third-order valence-electron chi connectivity index (χ3n) is 3.42. The monoisotopic (exact) mass is 375 g/mol. The topological polar surface area (TPSA) is 72.0 Å². The van der Waals surface area contributed by atoms with Crippen LogP contribution in [0.3, 0.4) is 0 Å². The molecule has 2 aromatic carbocycles. The van der Waals surface area contributed by atoms with Crippen molar-refractivity contribution in [3.05, 3.63) is 58.2 Å². The van der Waals surface area contributed by atoms with Crippen molar-refractivity contribution in [3.63, 3.8) is 0 Å². The highest BCUT2D eigenvalue weighted by molar-refractivity contribution is 6.32. The van der Waals surface area contributed by atoms with Crippen molar-refractivity contribution in [1.82, 2.24) is 15.2 Å². The van der Waals surface area contributed by atoms with E-state index in [9.17, 15) is 0 Å². The van der Waals surface area contributed by atoms with Gasteiger partial charge in [0.15, 0.2) is 5.82 Å². The number of nitrogens with one attached hydrogen (secondary N) is 2. The van der Waals surface area contributed by atoms with Gasteiger partial charge in [0, 0.05) is 16.4 Å². The number of methoxy groups -OCH3 is 1. The molecule has 0 atom stereocenters. The number of aromatic nitrogens is 3. The highest BCUT2D eigenvalue weighted by Gasteiger charge is 2.06. The molecule has 0 amide bonds. The van der Waals surface area contributed by atoms with Crippen LogP contribution in [0.4, 0.5) is 23.1 Å². The van der Waals surface area contributed by atoms with Crippen LogP contribution in [0.2, 0.25) is 10.0 Å². The largest absolute Gasteiger partial charge is 0.495 e. The van der Waals surface area contributed by atoms with Crippen molar-refractivity contribution in [3.8, 4) is 5.75 Å². The van der Waals surface area contributed by atoms with E-state index in [1.165, 1.54) is 0 Å². The Labute approximate surface area is 155 Å². The third-order valence-corrected chi connectivity index (χ3v) is 3.95. The van der Waals surface area contributed by atoms with Crippen molar-refractivity contribution in [2.45, 2.75) is 6.92 Å². The first kappa shape index (κ1) is 17.3. The molecule has 8 heteroatoms. The zero-order valence-electron chi connectivity index (χ0n) is 13.5. The van der Waals surface area contributed by atoms with E-state index in [0.29, 0.717) is 27.6 Å². The highest BCUT2D eigenvalue weighted by Crippen LogP contribution is 2.28. The molecule has 25 heavy (non-hydrogen) atoms. The Balaban J connectivity index is 1.78. The molecule has 0 bridgehead atoms. The Hall–Kier alpha value is -2.57. The normalized spacial score (nSPS) is 10.4. The van der Waals surface area contributed by atoms with Gasteiger partial charge in [0.25, 0.3) is 0 Å². The Morgan fingerprint density at radius 2 is 1.88 bits per heavy atom. The second-order valence-corrected chi connectivity index (χ2v) is 6.07. The molecule has 3 rings (SSSR count). The quantitative estimate of drug-likeness (QED) is 0.654. The van der Waals surface area contributed by atoms with Crippen LogP contribution >= 0.6 is 23.2 Å². The number of ether oxygens (including phenoxy) is 1. The van der Waals surface area contributed by atoms with Crippen LogP contribution < -0.4 is 15.4 Å². The van der Waals surface area contributed by atoms with Crippen molar-refractivity contribution in [1.29, 1.82) is 0 Å². The van der Waals surface area contributed by atoms with Crippen LogP contribution in [0.5, 0.6) is 5.75 Å². The van der Waals surface area contributed by atoms with Crippen LogP contribution in [0, 0.1) is 6.92 Å². The van der Waals surface area contributed by atoms with E-state index in [1.807, 2.05) is 31.2 Å². The first-order valence-electron chi connectivity index (χ1n) is 7.38. The van der Waals surface area contributed by atoms with Gasteiger partial charge in [-0.05, 0) is 48.9 Å². The molecule has 0 aliphatic carbocycles. The maximum absolute atomic E-state index is 6.12. The first-order chi connectivity index (χ1) is 12.0. The van der Waals surface area contributed by atoms with Crippen molar-refractivity contribution in [2.75, 3.05) is 17.7 Å². The predicted octanol–water partition coefficient (Wildman–Crippen LogP) is 4.98. The third kappa shape index (κ3) is 4.29. The smallest absolute Gasteiger partial charge is 0.249 e. The average Bonchev–Trinajstić information content (AvgIpc) is 2.58. The van der Waals surface area contributed by atoms with Gasteiger partial charge in [-0.3, -0.25) is 0 Å². The summed E-state index contributed by atoms with van der Waals surface area (Å²) >= 11 is 12.1. The molecule has 0 aliphatic heterocycles. The number of aryl methyl sites for hydroxylation is 1. The van der Waals surface area contributed by atoms with Gasteiger partial charge in [-0.15, -0.1) is 5.10 Å². The lowest BCUT2D eigenvalue weighted by Gasteiger charge is -2.10. The Morgan fingerprint density at radius 3 is 2.60 bits per heavy atom.